The second kappa shape index (κ2) is 19.6. The van der Waals surface area contributed by atoms with Crippen LogP contribution in [0, 0.1) is 44.8 Å². The topological polar surface area (TPSA) is 51.8 Å². The normalized spacial score (nSPS) is 11.3. The fraction of sp³-hybridized carbons (Fsp3) is 0.167. The van der Waals surface area contributed by atoms with Gasteiger partial charge in [0.2, 0.25) is 0 Å². The maximum Gasteiger partial charge on any atom is 3.00 e. The van der Waals surface area contributed by atoms with Crippen LogP contribution in [0.15, 0.2) is 150 Å². The van der Waals surface area contributed by atoms with Gasteiger partial charge in [-0.2, -0.15) is 0 Å². The predicted octanol–water partition coefficient (Wildman–Crippen LogP) is 13.4. The van der Waals surface area contributed by atoms with Crippen LogP contribution in [0.5, 0.6) is 0 Å². The molecule has 9 aromatic rings. The predicted molar refractivity (Wildman–Crippen MR) is 258 cm³/mol. The summed E-state index contributed by atoms with van der Waals surface area (Å²) in [6.45, 7) is 20.1. The first-order chi connectivity index (χ1) is 29.2. The Bertz CT molecular complexity index is 2810. The third-order valence-corrected chi connectivity index (χ3v) is 14.9. The number of aryl methyl sites for hydroxylation is 3. The minimum Gasteiger partial charge on any atom is -0.501 e. The number of hydrogen-bond donors (Lipinski definition) is 0. The van der Waals surface area contributed by atoms with Gasteiger partial charge in [0, 0.05) is 23.3 Å². The number of para-hydroxylation sites is 1. The Morgan fingerprint density at radius 2 is 1.05 bits per heavy atom. The number of furan rings is 1. The second-order valence-electron chi connectivity index (χ2n) is 17.4. The Balaban J connectivity index is 0.000000166. The molecule has 4 heterocycles. The molecule has 0 saturated heterocycles. The van der Waals surface area contributed by atoms with Crippen molar-refractivity contribution in [2.75, 3.05) is 0 Å². The minimum atomic E-state index is -1.23. The molecule has 0 aliphatic heterocycles. The van der Waals surface area contributed by atoms with Crippen LogP contribution in [-0.4, -0.2) is 31.1 Å². The number of hydrogen-bond acceptors (Lipinski definition) is 4. The molecule has 8 heteroatoms. The van der Waals surface area contributed by atoms with Gasteiger partial charge in [-0.05, 0) is 76.5 Å². The summed E-state index contributed by atoms with van der Waals surface area (Å²) in [4.78, 5) is 13.4. The molecular weight excluding hydrogens is 974 g/mol. The first-order valence-electron chi connectivity index (χ1n) is 20.6. The number of pyridine rings is 3. The third kappa shape index (κ3) is 10.7. The Hall–Kier alpha value is -5.64. The molecule has 0 bridgehead atoms. The van der Waals surface area contributed by atoms with Crippen molar-refractivity contribution in [2.45, 2.75) is 60.1 Å². The fourth-order valence-corrected chi connectivity index (χ4v) is 9.08. The summed E-state index contributed by atoms with van der Waals surface area (Å²) in [6.07, 6.45) is 5.32. The van der Waals surface area contributed by atoms with Crippen LogP contribution in [0.4, 0.5) is 4.39 Å². The van der Waals surface area contributed by atoms with E-state index < -0.39 is 16.1 Å². The molecule has 0 aliphatic carbocycles. The Kier molecular flexibility index (Phi) is 14.5. The summed E-state index contributed by atoms with van der Waals surface area (Å²) in [5, 5.41) is 4.84. The molecule has 4 aromatic heterocycles. The number of fused-ring (bicyclic) bond motifs is 3. The van der Waals surface area contributed by atoms with Gasteiger partial charge in [-0.1, -0.05) is 111 Å². The van der Waals surface area contributed by atoms with Gasteiger partial charge in [0.05, 0.1) is 27.9 Å². The van der Waals surface area contributed by atoms with Crippen LogP contribution in [0.1, 0.15) is 16.7 Å². The van der Waals surface area contributed by atoms with Gasteiger partial charge in [-0.15, -0.1) is 90.0 Å². The molecule has 0 fully saturated rings. The van der Waals surface area contributed by atoms with Crippen molar-refractivity contribution in [3.8, 4) is 44.9 Å². The van der Waals surface area contributed by atoms with Gasteiger partial charge in [-0.3, -0.25) is 0 Å². The number of rotatable bonds is 6. The third-order valence-electron chi connectivity index (χ3n) is 10.8. The zero-order chi connectivity index (χ0) is 43.3. The van der Waals surface area contributed by atoms with Crippen molar-refractivity contribution < 1.29 is 28.9 Å². The molecular formula is C54H51FIrN3OSi2. The first-order valence-corrected chi connectivity index (χ1v) is 27.6. The molecule has 0 radical (unpaired) electrons. The molecule has 0 N–H and O–H groups in total. The number of halogens is 1. The maximum absolute atomic E-state index is 14.8. The van der Waals surface area contributed by atoms with E-state index in [9.17, 15) is 4.39 Å². The monoisotopic (exact) mass is 1030 g/mol. The number of nitrogens with zero attached hydrogens (tertiary/aromatic N) is 3. The van der Waals surface area contributed by atoms with E-state index in [1.807, 2.05) is 117 Å². The van der Waals surface area contributed by atoms with Crippen molar-refractivity contribution in [1.82, 2.24) is 15.0 Å². The zero-order valence-electron chi connectivity index (χ0n) is 36.8. The summed E-state index contributed by atoms with van der Waals surface area (Å²) in [5.74, 6) is -0.336. The van der Waals surface area contributed by atoms with E-state index in [4.69, 9.17) is 4.42 Å². The van der Waals surface area contributed by atoms with E-state index in [-0.39, 0.29) is 25.9 Å². The smallest absolute Gasteiger partial charge is 0.501 e. The van der Waals surface area contributed by atoms with Crippen molar-refractivity contribution in [3.05, 3.63) is 187 Å². The van der Waals surface area contributed by atoms with Gasteiger partial charge >= 0.3 is 20.1 Å². The summed E-state index contributed by atoms with van der Waals surface area (Å²) in [7, 11) is -2.46. The molecule has 0 spiro atoms. The zero-order valence-corrected chi connectivity index (χ0v) is 41.2. The molecule has 312 valence electrons. The Morgan fingerprint density at radius 3 is 1.58 bits per heavy atom. The molecule has 0 unspecified atom stereocenters. The SMILES string of the molecule is C[Si](C)(C)c1ccc(-c2[c-]cccc2)nc1.C[Si](C)(C)c1ccc(-c2[c-]cccc2)nc1.Cc1cc(C)c(-c2cc(-c3[c-]ccc4c3oc3ccccc34)ncc2F)cc1C.[Ir+3]. The van der Waals surface area contributed by atoms with Crippen LogP contribution in [0.3, 0.4) is 0 Å². The minimum absolute atomic E-state index is 0. The van der Waals surface area contributed by atoms with Crippen LogP contribution in [0.25, 0.3) is 66.8 Å². The quantitative estimate of drug-likeness (QED) is 0.123. The van der Waals surface area contributed by atoms with Crippen LogP contribution < -0.4 is 10.4 Å². The van der Waals surface area contributed by atoms with Crippen LogP contribution in [-0.2, 0) is 20.1 Å². The summed E-state index contributed by atoms with van der Waals surface area (Å²) < 4.78 is 20.9. The van der Waals surface area contributed by atoms with Gasteiger partial charge in [0.25, 0.3) is 0 Å². The van der Waals surface area contributed by atoms with Gasteiger partial charge in [0.1, 0.15) is 11.4 Å². The van der Waals surface area contributed by atoms with Gasteiger partial charge in [-0.25, -0.2) is 4.39 Å². The molecule has 0 atom stereocenters. The Morgan fingerprint density at radius 1 is 0.500 bits per heavy atom. The molecule has 62 heavy (non-hydrogen) atoms. The Labute approximate surface area is 381 Å². The molecule has 5 aromatic carbocycles. The molecule has 4 nitrogen and oxygen atoms in total. The van der Waals surface area contributed by atoms with Crippen LogP contribution in [0.2, 0.25) is 39.3 Å². The second-order valence-corrected chi connectivity index (χ2v) is 27.6. The van der Waals surface area contributed by atoms with E-state index >= 15 is 0 Å². The molecule has 0 aliphatic rings. The molecule has 9 rings (SSSR count). The van der Waals surface area contributed by atoms with E-state index in [0.29, 0.717) is 11.3 Å². The number of benzene rings is 5. The number of aromatic nitrogens is 3. The molecule has 0 saturated carbocycles. The van der Waals surface area contributed by atoms with Gasteiger partial charge in [0.15, 0.2) is 0 Å². The van der Waals surface area contributed by atoms with Crippen molar-refractivity contribution in [2.24, 2.45) is 0 Å². The summed E-state index contributed by atoms with van der Waals surface area (Å²) in [5.41, 5.74) is 11.8. The van der Waals surface area contributed by atoms with E-state index in [1.165, 1.54) is 22.1 Å². The summed E-state index contributed by atoms with van der Waals surface area (Å²) in [6, 6.07) is 51.8. The average molecular weight is 1030 g/mol. The maximum atomic E-state index is 14.8. The van der Waals surface area contributed by atoms with Gasteiger partial charge < -0.3 is 19.4 Å². The largest absolute Gasteiger partial charge is 3.00 e. The van der Waals surface area contributed by atoms with Crippen molar-refractivity contribution in [1.29, 1.82) is 0 Å². The van der Waals surface area contributed by atoms with Crippen LogP contribution >= 0.6 is 0 Å². The molecule has 0 amide bonds. The fourth-order valence-electron chi connectivity index (χ4n) is 7.01. The van der Waals surface area contributed by atoms with E-state index in [0.717, 1.165) is 66.7 Å². The first kappa shape index (κ1) is 45.9. The summed E-state index contributed by atoms with van der Waals surface area (Å²) >= 11 is 0. The standard InChI is InChI=1S/C26H19FNO.2C14H16NSi.Ir/c1-15-11-17(3)21(12-16(15)2)22-13-24(28-14-23(22)27)20-9-6-8-19-18-7-4-5-10-25(18)29-26(19)20;2*1-16(2,3)13-9-10-14(15-11-13)12-7-5-4-6-8-12;/h4-8,10-14H,1-3H3;2*4-7,9-11H,1-3H3;/q3*-1;+3. The van der Waals surface area contributed by atoms with E-state index in [1.54, 1.807) is 6.07 Å². The van der Waals surface area contributed by atoms with Crippen molar-refractivity contribution in [3.63, 3.8) is 0 Å². The average Bonchev–Trinajstić information content (AvgIpc) is 3.65. The van der Waals surface area contributed by atoms with E-state index in [2.05, 4.69) is 110 Å². The van der Waals surface area contributed by atoms with Crippen molar-refractivity contribution >= 4 is 48.5 Å².